The van der Waals surface area contributed by atoms with Gasteiger partial charge in [-0.1, -0.05) is 5.16 Å². The minimum Gasteiger partial charge on any atom is -0.328 e. The number of hydrogen-bond acceptors (Lipinski definition) is 5. The Morgan fingerprint density at radius 3 is 3.00 bits per heavy atom. The van der Waals surface area contributed by atoms with Gasteiger partial charge in [-0.3, -0.25) is 10.2 Å². The lowest BCUT2D eigenvalue weighted by Gasteiger charge is -1.87. The van der Waals surface area contributed by atoms with Crippen molar-refractivity contribution in [2.24, 2.45) is 5.84 Å². The third kappa shape index (κ3) is 1.16. The second-order valence-electron chi connectivity index (χ2n) is 2.71. The molecule has 0 radical (unpaired) electrons. The number of amides is 1. The SMILES string of the molecule is NNC(=O)c1nc(C2CC2)no1. The number of aromatic nitrogens is 2. The van der Waals surface area contributed by atoms with Gasteiger partial charge in [-0.2, -0.15) is 4.98 Å². The van der Waals surface area contributed by atoms with Gasteiger partial charge < -0.3 is 4.52 Å². The van der Waals surface area contributed by atoms with Crippen LogP contribution in [0.25, 0.3) is 0 Å². The topological polar surface area (TPSA) is 94.0 Å². The molecule has 6 nitrogen and oxygen atoms in total. The molecule has 1 aliphatic rings. The van der Waals surface area contributed by atoms with Gasteiger partial charge in [0.05, 0.1) is 0 Å². The number of carbonyl (C=O) groups is 1. The van der Waals surface area contributed by atoms with Crippen molar-refractivity contribution in [1.29, 1.82) is 0 Å². The Balaban J connectivity index is 2.17. The first-order chi connectivity index (χ1) is 5.81. The summed E-state index contributed by atoms with van der Waals surface area (Å²) in [4.78, 5) is 14.7. The highest BCUT2D eigenvalue weighted by Crippen LogP contribution is 2.37. The first kappa shape index (κ1) is 7.23. The quantitative estimate of drug-likeness (QED) is 0.354. The van der Waals surface area contributed by atoms with Gasteiger partial charge in [-0.25, -0.2) is 5.84 Å². The molecule has 1 amide bonds. The van der Waals surface area contributed by atoms with Gasteiger partial charge in [0.15, 0.2) is 5.82 Å². The van der Waals surface area contributed by atoms with E-state index in [1.807, 2.05) is 5.43 Å². The van der Waals surface area contributed by atoms with E-state index in [0.29, 0.717) is 11.7 Å². The van der Waals surface area contributed by atoms with Crippen molar-refractivity contribution in [1.82, 2.24) is 15.6 Å². The molecular weight excluding hydrogens is 160 g/mol. The van der Waals surface area contributed by atoms with Crippen LogP contribution in [0.1, 0.15) is 35.3 Å². The predicted octanol–water partition coefficient (Wildman–Crippen LogP) is -0.450. The van der Waals surface area contributed by atoms with Crippen LogP contribution in [-0.4, -0.2) is 16.0 Å². The van der Waals surface area contributed by atoms with Crippen molar-refractivity contribution < 1.29 is 9.32 Å². The lowest BCUT2D eigenvalue weighted by atomic mass is 10.4. The molecule has 6 heteroatoms. The Morgan fingerprint density at radius 1 is 1.67 bits per heavy atom. The highest BCUT2D eigenvalue weighted by molar-refractivity contribution is 5.88. The maximum atomic E-state index is 10.8. The molecule has 0 spiro atoms. The molecule has 1 aliphatic carbocycles. The second kappa shape index (κ2) is 2.56. The highest BCUT2D eigenvalue weighted by Gasteiger charge is 2.29. The summed E-state index contributed by atoms with van der Waals surface area (Å²) in [6.45, 7) is 0. The molecule has 64 valence electrons. The highest BCUT2D eigenvalue weighted by atomic mass is 16.5. The van der Waals surface area contributed by atoms with Crippen molar-refractivity contribution in [2.45, 2.75) is 18.8 Å². The number of nitrogen functional groups attached to an aromatic ring is 1. The van der Waals surface area contributed by atoms with E-state index in [0.717, 1.165) is 12.8 Å². The van der Waals surface area contributed by atoms with Crippen LogP contribution in [0, 0.1) is 0 Å². The molecule has 0 unspecified atom stereocenters. The summed E-state index contributed by atoms with van der Waals surface area (Å²) in [5.74, 6) is 5.25. The lowest BCUT2D eigenvalue weighted by molar-refractivity contribution is 0.0910. The first-order valence-electron chi connectivity index (χ1n) is 3.66. The largest absolute Gasteiger partial charge is 0.328 e. The van der Waals surface area contributed by atoms with Crippen LogP contribution in [0.2, 0.25) is 0 Å². The maximum absolute atomic E-state index is 10.8. The van der Waals surface area contributed by atoms with Gasteiger partial charge in [0.2, 0.25) is 0 Å². The van der Waals surface area contributed by atoms with Gasteiger partial charge >= 0.3 is 11.8 Å². The zero-order valence-corrected chi connectivity index (χ0v) is 6.28. The number of hydrogen-bond donors (Lipinski definition) is 2. The van der Waals surface area contributed by atoms with Gasteiger partial charge in [0.1, 0.15) is 0 Å². The van der Waals surface area contributed by atoms with E-state index in [4.69, 9.17) is 5.84 Å². The molecule has 2 rings (SSSR count). The minimum atomic E-state index is -0.547. The number of carbonyl (C=O) groups excluding carboxylic acids is 1. The van der Waals surface area contributed by atoms with Crippen molar-refractivity contribution in [2.75, 3.05) is 0 Å². The molecule has 1 saturated carbocycles. The van der Waals surface area contributed by atoms with E-state index in [1.54, 1.807) is 0 Å². The molecule has 1 heterocycles. The van der Waals surface area contributed by atoms with E-state index in [-0.39, 0.29) is 5.89 Å². The lowest BCUT2D eigenvalue weighted by Crippen LogP contribution is -2.30. The van der Waals surface area contributed by atoms with Crippen LogP contribution in [0.3, 0.4) is 0 Å². The van der Waals surface area contributed by atoms with E-state index in [9.17, 15) is 4.79 Å². The van der Waals surface area contributed by atoms with Gasteiger partial charge in [0, 0.05) is 5.92 Å². The molecule has 12 heavy (non-hydrogen) atoms. The van der Waals surface area contributed by atoms with Gasteiger partial charge in [0.25, 0.3) is 0 Å². The summed E-state index contributed by atoms with van der Waals surface area (Å²) in [7, 11) is 0. The van der Waals surface area contributed by atoms with Crippen LogP contribution in [0.15, 0.2) is 4.52 Å². The predicted molar refractivity (Wildman–Crippen MR) is 37.9 cm³/mol. The summed E-state index contributed by atoms with van der Waals surface area (Å²) in [5.41, 5.74) is 1.92. The van der Waals surface area contributed by atoms with Crippen molar-refractivity contribution >= 4 is 5.91 Å². The molecule has 1 aromatic heterocycles. The van der Waals surface area contributed by atoms with Crippen LogP contribution in [-0.2, 0) is 0 Å². The molecule has 0 bridgehead atoms. The fourth-order valence-electron chi connectivity index (χ4n) is 0.896. The van der Waals surface area contributed by atoms with E-state index in [2.05, 4.69) is 14.7 Å². The minimum absolute atomic E-state index is 0.0700. The molecule has 3 N–H and O–H groups in total. The molecule has 1 fully saturated rings. The van der Waals surface area contributed by atoms with E-state index >= 15 is 0 Å². The normalized spacial score (nSPS) is 16.1. The monoisotopic (exact) mass is 168 g/mol. The van der Waals surface area contributed by atoms with E-state index < -0.39 is 5.91 Å². The van der Waals surface area contributed by atoms with Crippen LogP contribution >= 0.6 is 0 Å². The number of nitrogens with one attached hydrogen (secondary N) is 1. The Morgan fingerprint density at radius 2 is 2.42 bits per heavy atom. The number of nitrogens with zero attached hydrogens (tertiary/aromatic N) is 2. The average Bonchev–Trinajstić information content (AvgIpc) is 2.83. The van der Waals surface area contributed by atoms with Crippen molar-refractivity contribution in [3.63, 3.8) is 0 Å². The number of nitrogens with two attached hydrogens (primary N) is 1. The number of hydrazine groups is 1. The first-order valence-corrected chi connectivity index (χ1v) is 3.66. The third-order valence-electron chi connectivity index (χ3n) is 1.71. The fourth-order valence-corrected chi connectivity index (χ4v) is 0.896. The Labute approximate surface area is 68.1 Å². The Bertz CT molecular complexity index is 304. The summed E-state index contributed by atoms with van der Waals surface area (Å²) < 4.78 is 4.67. The maximum Gasteiger partial charge on any atom is 0.323 e. The average molecular weight is 168 g/mol. The molecule has 0 saturated heterocycles. The number of rotatable bonds is 2. The molecule has 0 atom stereocenters. The molecule has 1 aromatic rings. The summed E-state index contributed by atoms with van der Waals surface area (Å²) in [5, 5.41) is 3.64. The Kier molecular flexibility index (Phi) is 1.54. The van der Waals surface area contributed by atoms with Gasteiger partial charge in [-0.05, 0) is 12.8 Å². The third-order valence-corrected chi connectivity index (χ3v) is 1.71. The van der Waals surface area contributed by atoms with Crippen molar-refractivity contribution in [3.8, 4) is 0 Å². The summed E-state index contributed by atoms with van der Waals surface area (Å²) in [6, 6.07) is 0. The van der Waals surface area contributed by atoms with Crippen LogP contribution in [0.4, 0.5) is 0 Å². The van der Waals surface area contributed by atoms with Gasteiger partial charge in [-0.15, -0.1) is 0 Å². The van der Waals surface area contributed by atoms with Crippen LogP contribution in [0.5, 0.6) is 0 Å². The second-order valence-corrected chi connectivity index (χ2v) is 2.71. The zero-order chi connectivity index (χ0) is 8.55. The molecule has 0 aromatic carbocycles. The Hall–Kier alpha value is -1.43. The van der Waals surface area contributed by atoms with Crippen molar-refractivity contribution in [3.05, 3.63) is 11.7 Å². The standard InChI is InChI=1S/C6H8N4O2/c7-9-5(11)6-8-4(10-12-6)3-1-2-3/h3H,1-2,7H2,(H,9,11). The summed E-state index contributed by atoms with van der Waals surface area (Å²) in [6.07, 6.45) is 2.15. The zero-order valence-electron chi connectivity index (χ0n) is 6.28. The van der Waals surface area contributed by atoms with Crippen LogP contribution < -0.4 is 11.3 Å². The van der Waals surface area contributed by atoms with E-state index in [1.165, 1.54) is 0 Å². The summed E-state index contributed by atoms with van der Waals surface area (Å²) >= 11 is 0. The molecule has 0 aliphatic heterocycles. The fraction of sp³-hybridized carbons (Fsp3) is 0.500. The molecular formula is C6H8N4O2. The smallest absolute Gasteiger partial charge is 0.323 e.